The van der Waals surface area contributed by atoms with Crippen molar-refractivity contribution in [3.63, 3.8) is 0 Å². The van der Waals surface area contributed by atoms with Crippen molar-refractivity contribution in [2.45, 2.75) is 18.8 Å². The van der Waals surface area contributed by atoms with Gasteiger partial charge in [0.15, 0.2) is 0 Å². The molecule has 0 unspecified atom stereocenters. The third kappa shape index (κ3) is 4.28. The van der Waals surface area contributed by atoms with E-state index in [0.717, 1.165) is 39.3 Å². The molecule has 0 radical (unpaired) electrons. The number of hydrogen-bond donors (Lipinski definition) is 1. The number of benzene rings is 3. The predicted octanol–water partition coefficient (Wildman–Crippen LogP) is 5.77. The molecule has 1 aromatic heterocycles. The normalized spacial score (nSPS) is 11.3. The summed E-state index contributed by atoms with van der Waals surface area (Å²) in [6, 6.07) is 26.1. The lowest BCUT2D eigenvalue weighted by molar-refractivity contribution is -0.000312. The van der Waals surface area contributed by atoms with Crippen LogP contribution in [-0.2, 0) is 23.6 Å². The van der Waals surface area contributed by atoms with E-state index in [4.69, 9.17) is 14.2 Å². The van der Waals surface area contributed by atoms with Crippen LogP contribution >= 0.6 is 11.3 Å². The number of aliphatic hydroxyl groups is 1. The highest BCUT2D eigenvalue weighted by molar-refractivity contribution is 7.08. The van der Waals surface area contributed by atoms with Crippen LogP contribution in [0.15, 0.2) is 89.6 Å². The molecule has 0 aliphatic heterocycles. The van der Waals surface area contributed by atoms with E-state index in [1.807, 2.05) is 77.5 Å². The summed E-state index contributed by atoms with van der Waals surface area (Å²) >= 11 is 1.57. The van der Waals surface area contributed by atoms with Crippen LogP contribution in [0.5, 0.6) is 11.5 Å². The van der Waals surface area contributed by atoms with Crippen molar-refractivity contribution in [1.29, 1.82) is 0 Å². The van der Waals surface area contributed by atoms with Crippen LogP contribution in [0.25, 0.3) is 0 Å². The molecule has 1 heterocycles. The standard InChI is InChI=1S/C27H26O4S/c1-29-25-12-8-23(9-13-25)27(22-6-4-3-5-7-22,24-10-14-26(30-2)15-11-24)31-17-21-19-32-18-20(21)16-28/h3-15,18-19,28H,16-17H2,1-2H3. The average Bonchev–Trinajstić information content (AvgIpc) is 3.33. The van der Waals surface area contributed by atoms with Crippen molar-refractivity contribution < 1.29 is 19.3 Å². The number of rotatable bonds is 9. The smallest absolute Gasteiger partial charge is 0.144 e. The Morgan fingerprint density at radius 2 is 1.19 bits per heavy atom. The summed E-state index contributed by atoms with van der Waals surface area (Å²) in [6.07, 6.45) is 0. The molecule has 1 N–H and O–H groups in total. The van der Waals surface area contributed by atoms with Gasteiger partial charge in [-0.25, -0.2) is 0 Å². The Hall–Kier alpha value is -3.12. The summed E-state index contributed by atoms with van der Waals surface area (Å²) in [5.74, 6) is 1.57. The summed E-state index contributed by atoms with van der Waals surface area (Å²) < 4.78 is 17.6. The topological polar surface area (TPSA) is 47.9 Å². The number of hydrogen-bond acceptors (Lipinski definition) is 5. The lowest BCUT2D eigenvalue weighted by Gasteiger charge is -2.36. The molecule has 3 aromatic carbocycles. The van der Waals surface area contributed by atoms with Gasteiger partial charge in [-0.05, 0) is 62.8 Å². The number of aliphatic hydroxyl groups excluding tert-OH is 1. The van der Waals surface area contributed by atoms with Gasteiger partial charge in [0.1, 0.15) is 17.1 Å². The molecule has 4 nitrogen and oxygen atoms in total. The Balaban J connectivity index is 1.89. The largest absolute Gasteiger partial charge is 0.497 e. The van der Waals surface area contributed by atoms with Crippen LogP contribution in [0.1, 0.15) is 27.8 Å². The maximum Gasteiger partial charge on any atom is 0.144 e. The molecule has 32 heavy (non-hydrogen) atoms. The lowest BCUT2D eigenvalue weighted by Crippen LogP contribution is -2.33. The first-order valence-electron chi connectivity index (χ1n) is 10.3. The van der Waals surface area contributed by atoms with Crippen LogP contribution in [0.2, 0.25) is 0 Å². The Kier molecular flexibility index (Phi) is 6.90. The molecule has 0 saturated heterocycles. The molecule has 0 spiro atoms. The second kappa shape index (κ2) is 10.0. The fraction of sp³-hybridized carbons (Fsp3) is 0.185. The Morgan fingerprint density at radius 3 is 1.69 bits per heavy atom. The molecule has 4 aromatic rings. The highest BCUT2D eigenvalue weighted by atomic mass is 32.1. The molecule has 0 fully saturated rings. The van der Waals surface area contributed by atoms with Crippen LogP contribution in [0, 0.1) is 0 Å². The van der Waals surface area contributed by atoms with E-state index in [-0.39, 0.29) is 6.61 Å². The Bertz CT molecular complexity index is 1070. The lowest BCUT2D eigenvalue weighted by atomic mass is 9.80. The van der Waals surface area contributed by atoms with E-state index in [1.165, 1.54) is 0 Å². The third-order valence-electron chi connectivity index (χ3n) is 5.62. The quantitative estimate of drug-likeness (QED) is 0.332. The predicted molar refractivity (Wildman–Crippen MR) is 127 cm³/mol. The molecule has 0 saturated carbocycles. The monoisotopic (exact) mass is 446 g/mol. The first-order chi connectivity index (χ1) is 15.7. The van der Waals surface area contributed by atoms with Gasteiger partial charge < -0.3 is 19.3 Å². The maximum absolute atomic E-state index is 9.73. The van der Waals surface area contributed by atoms with Crippen LogP contribution in [0.3, 0.4) is 0 Å². The minimum absolute atomic E-state index is 0.00833. The molecule has 0 aliphatic rings. The Labute approximate surface area is 192 Å². The van der Waals surface area contributed by atoms with Gasteiger partial charge in [0.25, 0.3) is 0 Å². The number of ether oxygens (including phenoxy) is 3. The van der Waals surface area contributed by atoms with Gasteiger partial charge in [0.2, 0.25) is 0 Å². The van der Waals surface area contributed by atoms with Gasteiger partial charge in [-0.1, -0.05) is 54.6 Å². The summed E-state index contributed by atoms with van der Waals surface area (Å²) in [4.78, 5) is 0. The van der Waals surface area contributed by atoms with Crippen molar-refractivity contribution in [2.75, 3.05) is 14.2 Å². The SMILES string of the molecule is COc1ccc(C(OCc2cscc2CO)(c2ccccc2)c2ccc(OC)cc2)cc1. The van der Waals surface area contributed by atoms with Gasteiger partial charge in [0.05, 0.1) is 27.4 Å². The van der Waals surface area contributed by atoms with E-state index in [0.29, 0.717) is 6.61 Å². The highest BCUT2D eigenvalue weighted by Crippen LogP contribution is 2.42. The van der Waals surface area contributed by atoms with Gasteiger partial charge in [-0.3, -0.25) is 0 Å². The van der Waals surface area contributed by atoms with E-state index in [1.54, 1.807) is 25.6 Å². The second-order valence-corrected chi connectivity index (χ2v) is 8.12. The first kappa shape index (κ1) is 22.1. The van der Waals surface area contributed by atoms with E-state index in [9.17, 15) is 5.11 Å². The summed E-state index contributed by atoms with van der Waals surface area (Å²) in [5.41, 5.74) is 3.98. The van der Waals surface area contributed by atoms with Crippen molar-refractivity contribution >= 4 is 11.3 Å². The molecular weight excluding hydrogens is 420 g/mol. The molecule has 5 heteroatoms. The van der Waals surface area contributed by atoms with Crippen LogP contribution in [-0.4, -0.2) is 19.3 Å². The molecular formula is C27H26O4S. The fourth-order valence-electron chi connectivity index (χ4n) is 3.88. The Morgan fingerprint density at radius 1 is 0.688 bits per heavy atom. The zero-order valence-corrected chi connectivity index (χ0v) is 19.0. The minimum Gasteiger partial charge on any atom is -0.497 e. The molecule has 0 amide bonds. The zero-order valence-electron chi connectivity index (χ0n) is 18.2. The fourth-order valence-corrected chi connectivity index (χ4v) is 4.72. The van der Waals surface area contributed by atoms with E-state index < -0.39 is 5.60 Å². The van der Waals surface area contributed by atoms with Crippen LogP contribution in [0.4, 0.5) is 0 Å². The maximum atomic E-state index is 9.73. The van der Waals surface area contributed by atoms with Gasteiger partial charge in [-0.15, -0.1) is 0 Å². The average molecular weight is 447 g/mol. The summed E-state index contributed by atoms with van der Waals surface area (Å²) in [7, 11) is 3.32. The molecule has 0 atom stereocenters. The second-order valence-electron chi connectivity index (χ2n) is 7.37. The van der Waals surface area contributed by atoms with Crippen molar-refractivity contribution in [3.05, 3.63) is 117 Å². The molecule has 0 aliphatic carbocycles. The van der Waals surface area contributed by atoms with Crippen molar-refractivity contribution in [1.82, 2.24) is 0 Å². The zero-order chi connectivity index (χ0) is 22.4. The highest BCUT2D eigenvalue weighted by Gasteiger charge is 2.38. The van der Waals surface area contributed by atoms with Gasteiger partial charge in [0, 0.05) is 0 Å². The first-order valence-corrected chi connectivity index (χ1v) is 11.3. The summed E-state index contributed by atoms with van der Waals surface area (Å²) in [6.45, 7) is 0.345. The van der Waals surface area contributed by atoms with Crippen molar-refractivity contribution in [2.24, 2.45) is 0 Å². The number of thiophene rings is 1. The molecule has 4 rings (SSSR count). The third-order valence-corrected chi connectivity index (χ3v) is 6.46. The molecule has 0 bridgehead atoms. The van der Waals surface area contributed by atoms with Gasteiger partial charge in [-0.2, -0.15) is 11.3 Å². The molecule has 164 valence electrons. The van der Waals surface area contributed by atoms with Gasteiger partial charge >= 0.3 is 0 Å². The number of methoxy groups -OCH3 is 2. The van der Waals surface area contributed by atoms with Crippen LogP contribution < -0.4 is 9.47 Å². The minimum atomic E-state index is -0.867. The van der Waals surface area contributed by atoms with Crippen molar-refractivity contribution in [3.8, 4) is 11.5 Å². The van der Waals surface area contributed by atoms with E-state index in [2.05, 4.69) is 12.1 Å². The van der Waals surface area contributed by atoms with E-state index >= 15 is 0 Å². The summed E-state index contributed by atoms with van der Waals surface area (Å²) in [5, 5.41) is 13.7.